The number of piperidine rings is 1. The van der Waals surface area contributed by atoms with Crippen LogP contribution in [0, 0.1) is 5.92 Å². The van der Waals surface area contributed by atoms with Gasteiger partial charge in [-0.25, -0.2) is 8.78 Å². The first-order valence-corrected chi connectivity index (χ1v) is 7.72. The number of alkyl halides is 2. The molecule has 7 heteroatoms. The Labute approximate surface area is 138 Å². The number of amides is 1. The number of hydrogen-bond donors (Lipinski definition) is 0. The number of pyridine rings is 1. The maximum Gasteiger partial charge on any atom is 0.257 e. The molecule has 5 nitrogen and oxygen atoms in total. The molecule has 0 bridgehead atoms. The van der Waals surface area contributed by atoms with E-state index in [0.29, 0.717) is 5.56 Å². The highest BCUT2D eigenvalue weighted by molar-refractivity contribution is 5.93. The van der Waals surface area contributed by atoms with Gasteiger partial charge in [-0.05, 0) is 17.7 Å². The summed E-state index contributed by atoms with van der Waals surface area (Å²) in [6, 6.07) is 5.11. The first kappa shape index (κ1) is 16.6. The highest BCUT2D eigenvalue weighted by atomic mass is 19.3. The first-order valence-electron chi connectivity index (χ1n) is 7.72. The Hall–Kier alpha value is -2.28. The molecule has 128 valence electrons. The van der Waals surface area contributed by atoms with Crippen molar-refractivity contribution in [1.29, 1.82) is 0 Å². The van der Waals surface area contributed by atoms with Crippen molar-refractivity contribution in [3.8, 4) is 0 Å². The van der Waals surface area contributed by atoms with E-state index in [1.807, 2.05) is 6.07 Å². The molecule has 1 amide bonds. The number of halogens is 2. The summed E-state index contributed by atoms with van der Waals surface area (Å²) in [7, 11) is 0. The molecule has 2 aromatic heterocycles. The molecule has 0 saturated carbocycles. The van der Waals surface area contributed by atoms with Gasteiger partial charge in [0.25, 0.3) is 11.8 Å². The third kappa shape index (κ3) is 3.79. The summed E-state index contributed by atoms with van der Waals surface area (Å²) in [4.78, 5) is 17.7. The smallest absolute Gasteiger partial charge is 0.257 e. The van der Waals surface area contributed by atoms with Crippen LogP contribution in [0.5, 0.6) is 0 Å². The van der Waals surface area contributed by atoms with Crippen molar-refractivity contribution >= 4 is 5.91 Å². The normalized spacial score (nSPS) is 20.1. The van der Waals surface area contributed by atoms with Crippen LogP contribution in [-0.4, -0.2) is 41.4 Å². The quantitative estimate of drug-likeness (QED) is 0.842. The van der Waals surface area contributed by atoms with Gasteiger partial charge in [0.2, 0.25) is 0 Å². The Bertz CT molecular complexity index is 662. The molecule has 1 fully saturated rings. The van der Waals surface area contributed by atoms with E-state index in [4.69, 9.17) is 9.15 Å². The number of carbonyl (C=O) groups is 1. The minimum absolute atomic E-state index is 0.0239. The lowest BCUT2D eigenvalue weighted by Gasteiger charge is -2.38. The van der Waals surface area contributed by atoms with Crippen LogP contribution in [0.2, 0.25) is 0 Å². The molecule has 24 heavy (non-hydrogen) atoms. The number of furan rings is 1. The Morgan fingerprint density at radius 1 is 1.46 bits per heavy atom. The van der Waals surface area contributed by atoms with Crippen molar-refractivity contribution in [3.63, 3.8) is 0 Å². The van der Waals surface area contributed by atoms with Crippen molar-refractivity contribution in [2.75, 3.05) is 19.7 Å². The number of carbonyl (C=O) groups excluding carboxylic acids is 1. The summed E-state index contributed by atoms with van der Waals surface area (Å²) in [6.45, 7) is 0.0906. The van der Waals surface area contributed by atoms with E-state index in [0.717, 1.165) is 5.56 Å². The number of ether oxygens (including phenoxy) is 1. The highest BCUT2D eigenvalue weighted by Gasteiger charge is 2.45. The zero-order chi connectivity index (χ0) is 17.0. The second kappa shape index (κ2) is 7.09. The second-order valence-electron chi connectivity index (χ2n) is 5.85. The number of nitrogens with zero attached hydrogens (tertiary/aromatic N) is 2. The Morgan fingerprint density at radius 3 is 3.04 bits per heavy atom. The van der Waals surface area contributed by atoms with Crippen LogP contribution in [-0.2, 0) is 11.3 Å². The van der Waals surface area contributed by atoms with Gasteiger partial charge >= 0.3 is 0 Å². The predicted molar refractivity (Wildman–Crippen MR) is 81.6 cm³/mol. The topological polar surface area (TPSA) is 55.6 Å². The van der Waals surface area contributed by atoms with Gasteiger partial charge in [0, 0.05) is 31.9 Å². The average molecular weight is 336 g/mol. The van der Waals surface area contributed by atoms with Gasteiger partial charge in [0.15, 0.2) is 0 Å². The molecule has 0 aliphatic carbocycles. The maximum absolute atomic E-state index is 14.1. The molecule has 1 aliphatic rings. The molecule has 0 unspecified atom stereocenters. The molecule has 1 atom stereocenters. The summed E-state index contributed by atoms with van der Waals surface area (Å²) in [6.07, 6.45) is 5.62. The number of likely N-dealkylation sites (tertiary alicyclic amines) is 1. The summed E-state index contributed by atoms with van der Waals surface area (Å²) in [5, 5.41) is 0. The summed E-state index contributed by atoms with van der Waals surface area (Å²) < 4.78 is 38.6. The van der Waals surface area contributed by atoms with Gasteiger partial charge in [-0.3, -0.25) is 9.78 Å². The van der Waals surface area contributed by atoms with E-state index in [-0.39, 0.29) is 38.6 Å². The average Bonchev–Trinajstić information content (AvgIpc) is 3.11. The van der Waals surface area contributed by atoms with Gasteiger partial charge in [-0.2, -0.15) is 0 Å². The van der Waals surface area contributed by atoms with E-state index in [2.05, 4.69) is 4.98 Å². The minimum Gasteiger partial charge on any atom is -0.472 e. The largest absolute Gasteiger partial charge is 0.472 e. The summed E-state index contributed by atoms with van der Waals surface area (Å²) in [5.41, 5.74) is 1.19. The Morgan fingerprint density at radius 2 is 2.33 bits per heavy atom. The number of aromatic nitrogens is 1. The van der Waals surface area contributed by atoms with Crippen LogP contribution in [0.1, 0.15) is 22.3 Å². The standard InChI is InChI=1S/C17H18F2N2O3/c18-17(19)4-6-21(16(22)14-3-7-23-11-14)9-15(17)12-24-10-13-2-1-5-20-8-13/h1-3,5,7-8,11,15H,4,6,9-10,12H2/t15-/m1/s1. The number of rotatable bonds is 5. The van der Waals surface area contributed by atoms with E-state index < -0.39 is 11.8 Å². The van der Waals surface area contributed by atoms with Crippen LogP contribution < -0.4 is 0 Å². The van der Waals surface area contributed by atoms with Crippen molar-refractivity contribution in [1.82, 2.24) is 9.88 Å². The Kier molecular flexibility index (Phi) is 4.89. The molecular formula is C17H18F2N2O3. The van der Waals surface area contributed by atoms with Crippen LogP contribution in [0.3, 0.4) is 0 Å². The van der Waals surface area contributed by atoms with Gasteiger partial charge < -0.3 is 14.1 Å². The zero-order valence-electron chi connectivity index (χ0n) is 13.0. The van der Waals surface area contributed by atoms with Crippen LogP contribution in [0.25, 0.3) is 0 Å². The minimum atomic E-state index is -2.85. The van der Waals surface area contributed by atoms with Gasteiger partial charge in [0.05, 0.1) is 31.0 Å². The molecular weight excluding hydrogens is 318 g/mol. The van der Waals surface area contributed by atoms with Gasteiger partial charge in [0.1, 0.15) is 6.26 Å². The molecule has 0 aromatic carbocycles. The molecule has 3 rings (SSSR count). The SMILES string of the molecule is O=C(c1ccoc1)N1CCC(F)(F)[C@@H](COCc2cccnc2)C1. The van der Waals surface area contributed by atoms with Crippen LogP contribution in [0.4, 0.5) is 8.78 Å². The second-order valence-corrected chi connectivity index (χ2v) is 5.85. The lowest BCUT2D eigenvalue weighted by atomic mass is 9.94. The fraction of sp³-hybridized carbons (Fsp3) is 0.412. The predicted octanol–water partition coefficient (Wildman–Crippen LogP) is 2.99. The Balaban J connectivity index is 1.58. The molecule has 2 aromatic rings. The van der Waals surface area contributed by atoms with E-state index in [1.54, 1.807) is 18.5 Å². The zero-order valence-corrected chi connectivity index (χ0v) is 13.0. The van der Waals surface area contributed by atoms with Crippen molar-refractivity contribution in [3.05, 3.63) is 54.2 Å². The molecule has 1 aliphatic heterocycles. The fourth-order valence-corrected chi connectivity index (χ4v) is 2.71. The van der Waals surface area contributed by atoms with E-state index in [1.165, 1.54) is 23.5 Å². The maximum atomic E-state index is 14.1. The molecule has 0 spiro atoms. The highest BCUT2D eigenvalue weighted by Crippen LogP contribution is 2.34. The summed E-state index contributed by atoms with van der Waals surface area (Å²) >= 11 is 0. The third-order valence-corrected chi connectivity index (χ3v) is 4.12. The first-order chi connectivity index (χ1) is 11.6. The van der Waals surface area contributed by atoms with Gasteiger partial charge in [-0.1, -0.05) is 6.07 Å². The van der Waals surface area contributed by atoms with Crippen molar-refractivity contribution in [2.45, 2.75) is 19.0 Å². The van der Waals surface area contributed by atoms with E-state index in [9.17, 15) is 13.6 Å². The van der Waals surface area contributed by atoms with Gasteiger partial charge in [-0.15, -0.1) is 0 Å². The monoisotopic (exact) mass is 336 g/mol. The van der Waals surface area contributed by atoms with Crippen molar-refractivity contribution < 1.29 is 22.7 Å². The number of hydrogen-bond acceptors (Lipinski definition) is 4. The van der Waals surface area contributed by atoms with E-state index >= 15 is 0 Å². The fourth-order valence-electron chi connectivity index (χ4n) is 2.71. The lowest BCUT2D eigenvalue weighted by Crippen LogP contribution is -2.50. The van der Waals surface area contributed by atoms with Crippen LogP contribution >= 0.6 is 0 Å². The third-order valence-electron chi connectivity index (χ3n) is 4.12. The molecule has 0 radical (unpaired) electrons. The molecule has 1 saturated heterocycles. The summed E-state index contributed by atoms with van der Waals surface area (Å²) in [5.74, 6) is -4.17. The van der Waals surface area contributed by atoms with Crippen LogP contribution in [0.15, 0.2) is 47.5 Å². The molecule has 3 heterocycles. The van der Waals surface area contributed by atoms with Crippen molar-refractivity contribution in [2.24, 2.45) is 5.92 Å². The lowest BCUT2D eigenvalue weighted by molar-refractivity contribution is -0.124. The molecule has 0 N–H and O–H groups in total.